The molecular formula is C8H12O2. The highest BCUT2D eigenvalue weighted by Gasteiger charge is 2.29. The molecule has 0 unspecified atom stereocenters. The quantitative estimate of drug-likeness (QED) is 0.505. The number of rotatable bonds is 0. The Balaban J connectivity index is 2.11. The lowest BCUT2D eigenvalue weighted by molar-refractivity contribution is -0.104. The number of fused-ring (bicyclic) bond motifs is 2. The number of aliphatic hydroxyl groups is 1. The van der Waals surface area contributed by atoms with Crippen molar-refractivity contribution in [1.29, 1.82) is 0 Å². The molecular weight excluding hydrogens is 128 g/mol. The van der Waals surface area contributed by atoms with Gasteiger partial charge in [-0.05, 0) is 19.3 Å². The first-order valence-electron chi connectivity index (χ1n) is 3.86. The minimum absolute atomic E-state index is 0.0868. The van der Waals surface area contributed by atoms with Crippen molar-refractivity contribution in [1.82, 2.24) is 0 Å². The van der Waals surface area contributed by atoms with Gasteiger partial charge in [-0.2, -0.15) is 0 Å². The Morgan fingerprint density at radius 1 is 1.40 bits per heavy atom. The third kappa shape index (κ3) is 0.976. The summed E-state index contributed by atoms with van der Waals surface area (Å²) in [6, 6.07) is 0. The van der Waals surface area contributed by atoms with E-state index in [0.29, 0.717) is 6.10 Å². The van der Waals surface area contributed by atoms with Gasteiger partial charge in [0.15, 0.2) is 0 Å². The van der Waals surface area contributed by atoms with E-state index in [4.69, 9.17) is 4.74 Å². The van der Waals surface area contributed by atoms with Crippen molar-refractivity contribution < 1.29 is 9.84 Å². The van der Waals surface area contributed by atoms with Crippen LogP contribution in [0.3, 0.4) is 0 Å². The van der Waals surface area contributed by atoms with E-state index < -0.39 is 0 Å². The monoisotopic (exact) mass is 140 g/mol. The maximum atomic E-state index is 9.36. The van der Waals surface area contributed by atoms with Gasteiger partial charge >= 0.3 is 0 Å². The summed E-state index contributed by atoms with van der Waals surface area (Å²) in [4.78, 5) is 0. The smallest absolute Gasteiger partial charge is 0.0876 e. The standard InChI is InChI=1S/C8H12O2/c9-7-5-4-6-2-1-3-8(7)10-6/h1-2,6-9H,3-5H2/t6-,7+,8+/m0/s1. The lowest BCUT2D eigenvalue weighted by Crippen LogP contribution is -2.39. The number of aliphatic hydroxyl groups excluding tert-OH is 1. The first-order valence-corrected chi connectivity index (χ1v) is 3.86. The normalized spacial score (nSPS) is 45.5. The molecule has 1 fully saturated rings. The van der Waals surface area contributed by atoms with Gasteiger partial charge < -0.3 is 9.84 Å². The minimum atomic E-state index is -0.221. The SMILES string of the molecule is O[C@@H]1CC[C@@H]2C=CC[C@H]1O2. The summed E-state index contributed by atoms with van der Waals surface area (Å²) in [7, 11) is 0. The Labute approximate surface area is 60.5 Å². The summed E-state index contributed by atoms with van der Waals surface area (Å²) >= 11 is 0. The Hall–Kier alpha value is -0.340. The molecule has 0 aromatic heterocycles. The molecule has 3 atom stereocenters. The van der Waals surface area contributed by atoms with Gasteiger partial charge in [0.25, 0.3) is 0 Å². The van der Waals surface area contributed by atoms with E-state index in [1.165, 1.54) is 0 Å². The van der Waals surface area contributed by atoms with E-state index in [1.807, 2.05) is 0 Å². The predicted octanol–water partition coefficient (Wildman–Crippen LogP) is 0.855. The molecule has 10 heavy (non-hydrogen) atoms. The van der Waals surface area contributed by atoms with Crippen LogP contribution in [0.5, 0.6) is 0 Å². The predicted molar refractivity (Wildman–Crippen MR) is 37.7 cm³/mol. The highest BCUT2D eigenvalue weighted by Crippen LogP contribution is 2.26. The van der Waals surface area contributed by atoms with Crippen molar-refractivity contribution in [2.45, 2.75) is 37.6 Å². The molecule has 0 aliphatic carbocycles. The van der Waals surface area contributed by atoms with E-state index in [2.05, 4.69) is 12.2 Å². The van der Waals surface area contributed by atoms with Crippen molar-refractivity contribution in [2.24, 2.45) is 0 Å². The largest absolute Gasteiger partial charge is 0.390 e. The summed E-state index contributed by atoms with van der Waals surface area (Å²) in [6.07, 6.45) is 7.14. The van der Waals surface area contributed by atoms with E-state index in [1.54, 1.807) is 0 Å². The van der Waals surface area contributed by atoms with Crippen LogP contribution in [-0.2, 0) is 4.74 Å². The van der Waals surface area contributed by atoms with Crippen LogP contribution in [0.4, 0.5) is 0 Å². The number of ether oxygens (including phenoxy) is 1. The van der Waals surface area contributed by atoms with E-state index in [0.717, 1.165) is 19.3 Å². The summed E-state index contributed by atoms with van der Waals surface area (Å²) in [5.74, 6) is 0. The molecule has 2 bridgehead atoms. The fraction of sp³-hybridized carbons (Fsp3) is 0.750. The zero-order valence-electron chi connectivity index (χ0n) is 5.86. The van der Waals surface area contributed by atoms with E-state index >= 15 is 0 Å². The van der Waals surface area contributed by atoms with Gasteiger partial charge in [0.05, 0.1) is 18.3 Å². The molecule has 0 saturated carbocycles. The van der Waals surface area contributed by atoms with Crippen molar-refractivity contribution >= 4 is 0 Å². The lowest BCUT2D eigenvalue weighted by atomic mass is 9.95. The average molecular weight is 140 g/mol. The third-order valence-electron chi connectivity index (χ3n) is 2.24. The molecule has 0 amide bonds. The van der Waals surface area contributed by atoms with Gasteiger partial charge in [0.1, 0.15) is 0 Å². The molecule has 2 aliphatic rings. The summed E-state index contributed by atoms with van der Waals surface area (Å²) in [6.45, 7) is 0. The van der Waals surface area contributed by atoms with Gasteiger partial charge in [-0.1, -0.05) is 12.2 Å². The molecule has 0 aromatic carbocycles. The van der Waals surface area contributed by atoms with Crippen molar-refractivity contribution in [3.8, 4) is 0 Å². The van der Waals surface area contributed by atoms with Gasteiger partial charge in [0, 0.05) is 0 Å². The van der Waals surface area contributed by atoms with Crippen LogP contribution in [-0.4, -0.2) is 23.4 Å². The molecule has 2 heterocycles. The Bertz CT molecular complexity index is 153. The highest BCUT2D eigenvalue weighted by molar-refractivity contribution is 5.00. The second-order valence-corrected chi connectivity index (χ2v) is 3.02. The second kappa shape index (κ2) is 2.36. The van der Waals surface area contributed by atoms with Gasteiger partial charge in [-0.3, -0.25) is 0 Å². The number of hydrogen-bond acceptors (Lipinski definition) is 2. The van der Waals surface area contributed by atoms with Crippen molar-refractivity contribution in [3.05, 3.63) is 12.2 Å². The molecule has 2 heteroatoms. The Kier molecular flexibility index (Phi) is 1.51. The fourth-order valence-corrected chi connectivity index (χ4v) is 1.62. The van der Waals surface area contributed by atoms with Gasteiger partial charge in [0.2, 0.25) is 0 Å². The van der Waals surface area contributed by atoms with Crippen LogP contribution in [0.2, 0.25) is 0 Å². The van der Waals surface area contributed by atoms with E-state index in [9.17, 15) is 5.11 Å². The van der Waals surface area contributed by atoms with Crippen LogP contribution in [0.25, 0.3) is 0 Å². The zero-order valence-corrected chi connectivity index (χ0v) is 5.86. The van der Waals surface area contributed by atoms with Crippen LogP contribution in [0.15, 0.2) is 12.2 Å². The number of hydrogen-bond donors (Lipinski definition) is 1. The summed E-state index contributed by atoms with van der Waals surface area (Å²) in [5.41, 5.74) is 0. The third-order valence-corrected chi connectivity index (χ3v) is 2.24. The molecule has 0 spiro atoms. The van der Waals surface area contributed by atoms with Gasteiger partial charge in [-0.15, -0.1) is 0 Å². The van der Waals surface area contributed by atoms with Crippen LogP contribution >= 0.6 is 0 Å². The molecule has 1 saturated heterocycles. The Morgan fingerprint density at radius 3 is 3.10 bits per heavy atom. The Morgan fingerprint density at radius 2 is 2.30 bits per heavy atom. The maximum absolute atomic E-state index is 9.36. The maximum Gasteiger partial charge on any atom is 0.0876 e. The minimum Gasteiger partial charge on any atom is -0.390 e. The van der Waals surface area contributed by atoms with Crippen LogP contribution < -0.4 is 0 Å². The molecule has 2 rings (SSSR count). The summed E-state index contributed by atoms with van der Waals surface area (Å²) in [5, 5.41) is 9.36. The van der Waals surface area contributed by atoms with Crippen LogP contribution in [0.1, 0.15) is 19.3 Å². The molecule has 56 valence electrons. The zero-order chi connectivity index (χ0) is 6.97. The van der Waals surface area contributed by atoms with Crippen molar-refractivity contribution in [2.75, 3.05) is 0 Å². The molecule has 2 aliphatic heterocycles. The first kappa shape index (κ1) is 6.38. The first-order chi connectivity index (χ1) is 4.86. The summed E-state index contributed by atoms with van der Waals surface area (Å²) < 4.78 is 5.50. The molecule has 2 nitrogen and oxygen atoms in total. The molecule has 0 radical (unpaired) electrons. The molecule has 0 aromatic rings. The second-order valence-electron chi connectivity index (χ2n) is 3.02. The fourth-order valence-electron chi connectivity index (χ4n) is 1.62. The van der Waals surface area contributed by atoms with Crippen LogP contribution in [0, 0.1) is 0 Å². The van der Waals surface area contributed by atoms with Crippen molar-refractivity contribution in [3.63, 3.8) is 0 Å². The topological polar surface area (TPSA) is 29.5 Å². The van der Waals surface area contributed by atoms with Gasteiger partial charge in [-0.25, -0.2) is 0 Å². The highest BCUT2D eigenvalue weighted by atomic mass is 16.5. The average Bonchev–Trinajstić information content (AvgIpc) is 1.99. The lowest BCUT2D eigenvalue weighted by Gasteiger charge is -2.34. The van der Waals surface area contributed by atoms with E-state index in [-0.39, 0.29) is 12.2 Å². The molecule has 1 N–H and O–H groups in total.